The minimum atomic E-state index is 0.181. The van der Waals surface area contributed by atoms with Crippen LogP contribution in [0.4, 0.5) is 11.4 Å². The van der Waals surface area contributed by atoms with Crippen LogP contribution in [0.2, 0.25) is 0 Å². The van der Waals surface area contributed by atoms with Crippen LogP contribution < -0.4 is 15.4 Å². The maximum atomic E-state index is 5.86. The largest absolute Gasteiger partial charge is 0.489 e. The molecule has 0 aliphatic carbocycles. The van der Waals surface area contributed by atoms with Gasteiger partial charge in [-0.25, -0.2) is 0 Å². The van der Waals surface area contributed by atoms with Gasteiger partial charge in [0.2, 0.25) is 0 Å². The minimum Gasteiger partial charge on any atom is -0.489 e. The Bertz CT molecular complexity index is 370. The normalized spacial score (nSPS) is 16.3. The molecule has 0 unspecified atom stereocenters. The van der Waals surface area contributed by atoms with Gasteiger partial charge in [-0.3, -0.25) is 0 Å². The highest BCUT2D eigenvalue weighted by Crippen LogP contribution is 2.33. The van der Waals surface area contributed by atoms with Crippen molar-refractivity contribution in [1.82, 2.24) is 0 Å². The molecule has 0 amide bonds. The van der Waals surface area contributed by atoms with E-state index in [0.29, 0.717) is 0 Å². The van der Waals surface area contributed by atoms with Crippen molar-refractivity contribution in [3.63, 3.8) is 0 Å². The third kappa shape index (κ3) is 3.05. The Balaban J connectivity index is 2.24. The maximum Gasteiger partial charge on any atom is 0.145 e. The van der Waals surface area contributed by atoms with Crippen LogP contribution in [0.3, 0.4) is 0 Å². The summed E-state index contributed by atoms with van der Waals surface area (Å²) in [7, 11) is 0. The first-order valence-corrected chi connectivity index (χ1v) is 6.48. The summed E-state index contributed by atoms with van der Waals surface area (Å²) in [4.78, 5) is 2.40. The van der Waals surface area contributed by atoms with Crippen LogP contribution in [0.5, 0.6) is 5.75 Å². The third-order valence-electron chi connectivity index (χ3n) is 3.04. The average Bonchev–Trinajstić information content (AvgIpc) is 2.29. The van der Waals surface area contributed by atoms with Crippen molar-refractivity contribution in [2.45, 2.75) is 39.2 Å². The van der Waals surface area contributed by atoms with E-state index in [1.165, 1.54) is 24.9 Å². The molecule has 0 bridgehead atoms. The number of hydrogen-bond donors (Lipinski definition) is 1. The van der Waals surface area contributed by atoms with Crippen molar-refractivity contribution in [2.24, 2.45) is 0 Å². The number of rotatable bonds is 3. The second-order valence-electron chi connectivity index (χ2n) is 4.94. The van der Waals surface area contributed by atoms with Crippen molar-refractivity contribution < 1.29 is 4.74 Å². The molecule has 1 fully saturated rings. The Hall–Kier alpha value is -1.38. The van der Waals surface area contributed by atoms with E-state index in [-0.39, 0.29) is 6.10 Å². The zero-order chi connectivity index (χ0) is 12.3. The molecule has 1 saturated heterocycles. The molecule has 1 aromatic rings. The van der Waals surface area contributed by atoms with Gasteiger partial charge >= 0.3 is 0 Å². The molecule has 1 heterocycles. The SMILES string of the molecule is CC(C)Oc1cc(N)ccc1N1CCCCC1. The molecule has 2 N–H and O–H groups in total. The second kappa shape index (κ2) is 5.30. The van der Waals surface area contributed by atoms with Crippen LogP contribution in [0.1, 0.15) is 33.1 Å². The van der Waals surface area contributed by atoms with Gasteiger partial charge in [-0.05, 0) is 45.2 Å². The van der Waals surface area contributed by atoms with E-state index in [1.807, 2.05) is 26.0 Å². The van der Waals surface area contributed by atoms with Crippen LogP contribution in [0, 0.1) is 0 Å². The molecule has 3 heteroatoms. The van der Waals surface area contributed by atoms with Gasteiger partial charge in [-0.1, -0.05) is 0 Å². The maximum absolute atomic E-state index is 5.86. The van der Waals surface area contributed by atoms with Crippen LogP contribution in [-0.2, 0) is 0 Å². The lowest BCUT2D eigenvalue weighted by molar-refractivity contribution is 0.242. The number of ether oxygens (including phenoxy) is 1. The molecule has 3 nitrogen and oxygen atoms in total. The van der Waals surface area contributed by atoms with Crippen molar-refractivity contribution in [2.75, 3.05) is 23.7 Å². The lowest BCUT2D eigenvalue weighted by atomic mass is 10.1. The van der Waals surface area contributed by atoms with Crippen LogP contribution in [-0.4, -0.2) is 19.2 Å². The zero-order valence-corrected chi connectivity index (χ0v) is 10.8. The predicted octanol–water partition coefficient (Wildman–Crippen LogP) is 3.05. The minimum absolute atomic E-state index is 0.181. The predicted molar refractivity (Wildman–Crippen MR) is 72.7 cm³/mol. The first-order valence-electron chi connectivity index (χ1n) is 6.48. The molecule has 1 aromatic carbocycles. The Kier molecular flexibility index (Phi) is 3.77. The Morgan fingerprint density at radius 3 is 2.53 bits per heavy atom. The number of piperidine rings is 1. The molecule has 94 valence electrons. The van der Waals surface area contributed by atoms with Crippen molar-refractivity contribution in [1.29, 1.82) is 0 Å². The highest BCUT2D eigenvalue weighted by molar-refractivity contribution is 5.64. The number of nitrogen functional groups attached to an aromatic ring is 1. The highest BCUT2D eigenvalue weighted by atomic mass is 16.5. The number of hydrogen-bond acceptors (Lipinski definition) is 3. The van der Waals surface area contributed by atoms with Crippen molar-refractivity contribution in [3.8, 4) is 5.75 Å². The number of nitrogens with zero attached hydrogens (tertiary/aromatic N) is 1. The van der Waals surface area contributed by atoms with E-state index in [4.69, 9.17) is 10.5 Å². The van der Waals surface area contributed by atoms with E-state index in [0.717, 1.165) is 24.5 Å². The van der Waals surface area contributed by atoms with Gasteiger partial charge in [0.05, 0.1) is 11.8 Å². The van der Waals surface area contributed by atoms with Crippen LogP contribution in [0.25, 0.3) is 0 Å². The first-order chi connectivity index (χ1) is 8.16. The molecule has 17 heavy (non-hydrogen) atoms. The summed E-state index contributed by atoms with van der Waals surface area (Å²) >= 11 is 0. The lowest BCUT2D eigenvalue weighted by Crippen LogP contribution is -2.30. The Morgan fingerprint density at radius 1 is 1.18 bits per heavy atom. The van der Waals surface area contributed by atoms with E-state index in [1.54, 1.807) is 0 Å². The van der Waals surface area contributed by atoms with Gasteiger partial charge in [-0.15, -0.1) is 0 Å². The van der Waals surface area contributed by atoms with Gasteiger partial charge in [0.1, 0.15) is 5.75 Å². The first kappa shape index (κ1) is 12.1. The van der Waals surface area contributed by atoms with Gasteiger partial charge in [0, 0.05) is 24.8 Å². The fourth-order valence-electron chi connectivity index (χ4n) is 2.28. The van der Waals surface area contributed by atoms with Gasteiger partial charge < -0.3 is 15.4 Å². The number of nitrogens with two attached hydrogens (primary N) is 1. The fraction of sp³-hybridized carbons (Fsp3) is 0.571. The van der Waals surface area contributed by atoms with E-state index < -0.39 is 0 Å². The smallest absolute Gasteiger partial charge is 0.145 e. The van der Waals surface area contributed by atoms with Crippen molar-refractivity contribution >= 4 is 11.4 Å². The molecule has 1 aliphatic rings. The summed E-state index contributed by atoms with van der Waals surface area (Å²) in [6.07, 6.45) is 4.06. The molecule has 0 aromatic heterocycles. The molecular weight excluding hydrogens is 212 g/mol. The van der Waals surface area contributed by atoms with Crippen LogP contribution >= 0.6 is 0 Å². The molecule has 1 aliphatic heterocycles. The molecule has 0 atom stereocenters. The van der Waals surface area contributed by atoms with Gasteiger partial charge in [-0.2, -0.15) is 0 Å². The lowest BCUT2D eigenvalue weighted by Gasteiger charge is -2.30. The molecule has 0 saturated carbocycles. The average molecular weight is 234 g/mol. The monoisotopic (exact) mass is 234 g/mol. The fourth-order valence-corrected chi connectivity index (χ4v) is 2.28. The zero-order valence-electron chi connectivity index (χ0n) is 10.8. The Morgan fingerprint density at radius 2 is 1.88 bits per heavy atom. The topological polar surface area (TPSA) is 38.5 Å². The van der Waals surface area contributed by atoms with E-state index in [9.17, 15) is 0 Å². The third-order valence-corrected chi connectivity index (χ3v) is 3.04. The summed E-state index contributed by atoms with van der Waals surface area (Å²) in [6, 6.07) is 5.97. The highest BCUT2D eigenvalue weighted by Gasteiger charge is 2.16. The molecule has 0 spiro atoms. The quantitative estimate of drug-likeness (QED) is 0.817. The number of benzene rings is 1. The molecule has 0 radical (unpaired) electrons. The van der Waals surface area contributed by atoms with E-state index in [2.05, 4.69) is 11.0 Å². The van der Waals surface area contributed by atoms with Crippen molar-refractivity contribution in [3.05, 3.63) is 18.2 Å². The summed E-state index contributed by atoms with van der Waals surface area (Å²) in [6.45, 7) is 6.34. The van der Waals surface area contributed by atoms with E-state index >= 15 is 0 Å². The molecule has 2 rings (SSSR count). The Labute approximate surface area is 104 Å². The summed E-state index contributed by atoms with van der Waals surface area (Å²) in [5.41, 5.74) is 7.79. The molecular formula is C14H22N2O. The van der Waals surface area contributed by atoms with Gasteiger partial charge in [0.15, 0.2) is 0 Å². The summed E-state index contributed by atoms with van der Waals surface area (Å²) < 4.78 is 5.86. The second-order valence-corrected chi connectivity index (χ2v) is 4.94. The van der Waals surface area contributed by atoms with Crippen LogP contribution in [0.15, 0.2) is 18.2 Å². The summed E-state index contributed by atoms with van der Waals surface area (Å²) in [5.74, 6) is 0.918. The number of anilines is 2. The standard InChI is InChI=1S/C14H22N2O/c1-11(2)17-14-10-12(15)6-7-13(14)16-8-4-3-5-9-16/h6-7,10-11H,3-5,8-9,15H2,1-2H3. The summed E-state index contributed by atoms with van der Waals surface area (Å²) in [5, 5.41) is 0. The van der Waals surface area contributed by atoms with Gasteiger partial charge in [0.25, 0.3) is 0 Å².